The van der Waals surface area contributed by atoms with Crippen LogP contribution in [0.1, 0.15) is 23.6 Å². The van der Waals surface area contributed by atoms with Crippen molar-refractivity contribution in [2.45, 2.75) is 27.1 Å². The van der Waals surface area contributed by atoms with Crippen LogP contribution in [-0.2, 0) is 13.2 Å². The molecule has 2 aromatic rings. The van der Waals surface area contributed by atoms with Gasteiger partial charge in [-0.2, -0.15) is 0 Å². The molecular weight excluding hydrogens is 271 g/mol. The molecule has 0 spiro atoms. The van der Waals surface area contributed by atoms with E-state index in [1.165, 1.54) is 12.1 Å². The van der Waals surface area contributed by atoms with Gasteiger partial charge in [0, 0.05) is 0 Å². The van der Waals surface area contributed by atoms with E-state index < -0.39 is 0 Å². The molecule has 0 atom stereocenters. The molecule has 0 aromatic heterocycles. The molecule has 21 heavy (non-hydrogen) atoms. The molecule has 2 rings (SSSR count). The highest BCUT2D eigenvalue weighted by Gasteiger charge is 2.08. The van der Waals surface area contributed by atoms with E-state index in [1.807, 2.05) is 13.8 Å². The number of benzene rings is 2. The van der Waals surface area contributed by atoms with Crippen LogP contribution >= 0.6 is 0 Å². The molecule has 0 bridgehead atoms. The fourth-order valence-electron chi connectivity index (χ4n) is 1.99. The molecule has 2 aromatic carbocycles. The van der Waals surface area contributed by atoms with Crippen molar-refractivity contribution in [2.75, 3.05) is 6.61 Å². The summed E-state index contributed by atoms with van der Waals surface area (Å²) >= 11 is 0. The van der Waals surface area contributed by atoms with Crippen molar-refractivity contribution in [1.29, 1.82) is 0 Å². The summed E-state index contributed by atoms with van der Waals surface area (Å²) in [6.45, 7) is 4.51. The average Bonchev–Trinajstić information content (AvgIpc) is 2.49. The zero-order valence-electron chi connectivity index (χ0n) is 12.2. The van der Waals surface area contributed by atoms with Gasteiger partial charge in [0.25, 0.3) is 0 Å². The summed E-state index contributed by atoms with van der Waals surface area (Å²) in [5.74, 6) is 0.885. The number of aliphatic hydroxyl groups is 1. The van der Waals surface area contributed by atoms with Crippen molar-refractivity contribution in [3.05, 3.63) is 58.9 Å². The number of halogens is 1. The highest BCUT2D eigenvalue weighted by Crippen LogP contribution is 2.29. The van der Waals surface area contributed by atoms with E-state index in [1.54, 1.807) is 24.3 Å². The van der Waals surface area contributed by atoms with Gasteiger partial charge in [0.15, 0.2) is 11.5 Å². The summed E-state index contributed by atoms with van der Waals surface area (Å²) in [4.78, 5) is 0. The first kappa shape index (κ1) is 15.3. The summed E-state index contributed by atoms with van der Waals surface area (Å²) in [6, 6.07) is 9.91. The maximum atomic E-state index is 13.3. The van der Waals surface area contributed by atoms with Crippen LogP contribution in [0, 0.1) is 12.7 Å². The van der Waals surface area contributed by atoms with Crippen LogP contribution in [0.5, 0.6) is 11.5 Å². The van der Waals surface area contributed by atoms with Gasteiger partial charge in [-0.25, -0.2) is 4.39 Å². The molecule has 0 aliphatic carbocycles. The van der Waals surface area contributed by atoms with Gasteiger partial charge in [-0.1, -0.05) is 12.1 Å². The molecule has 0 fully saturated rings. The fraction of sp³-hybridized carbons (Fsp3) is 0.294. The number of hydrogen-bond acceptors (Lipinski definition) is 3. The summed E-state index contributed by atoms with van der Waals surface area (Å²) in [5.41, 5.74) is 2.53. The molecule has 0 heterocycles. The molecule has 1 N–H and O–H groups in total. The molecule has 0 saturated heterocycles. The molecule has 0 unspecified atom stereocenters. The van der Waals surface area contributed by atoms with Crippen LogP contribution in [0.2, 0.25) is 0 Å². The van der Waals surface area contributed by atoms with Crippen LogP contribution in [0.3, 0.4) is 0 Å². The Hall–Kier alpha value is -2.07. The molecule has 0 saturated carbocycles. The minimum atomic E-state index is -0.278. The maximum absolute atomic E-state index is 13.3. The Labute approximate surface area is 124 Å². The predicted molar refractivity (Wildman–Crippen MR) is 79.0 cm³/mol. The largest absolute Gasteiger partial charge is 0.490 e. The quantitative estimate of drug-likeness (QED) is 0.883. The second-order valence-corrected chi connectivity index (χ2v) is 4.73. The lowest BCUT2D eigenvalue weighted by molar-refractivity contribution is 0.263. The smallest absolute Gasteiger partial charge is 0.161 e. The van der Waals surface area contributed by atoms with Crippen molar-refractivity contribution < 1.29 is 19.0 Å². The first-order chi connectivity index (χ1) is 10.1. The minimum Gasteiger partial charge on any atom is -0.490 e. The average molecular weight is 290 g/mol. The molecule has 0 aliphatic rings. The zero-order chi connectivity index (χ0) is 15.2. The van der Waals surface area contributed by atoms with E-state index in [2.05, 4.69) is 0 Å². The molecule has 4 heteroatoms. The van der Waals surface area contributed by atoms with Crippen molar-refractivity contribution >= 4 is 0 Å². The van der Waals surface area contributed by atoms with Gasteiger partial charge in [-0.3, -0.25) is 0 Å². The molecule has 3 nitrogen and oxygen atoms in total. The van der Waals surface area contributed by atoms with Gasteiger partial charge in [-0.15, -0.1) is 0 Å². The lowest BCUT2D eigenvalue weighted by Crippen LogP contribution is -2.02. The summed E-state index contributed by atoms with van der Waals surface area (Å²) in [5, 5.41) is 9.16. The Kier molecular flexibility index (Phi) is 5.17. The number of aliphatic hydroxyl groups excluding tert-OH is 1. The van der Waals surface area contributed by atoms with E-state index in [0.717, 1.165) is 16.7 Å². The monoisotopic (exact) mass is 290 g/mol. The van der Waals surface area contributed by atoms with Crippen molar-refractivity contribution in [2.24, 2.45) is 0 Å². The van der Waals surface area contributed by atoms with Gasteiger partial charge in [-0.05, 0) is 54.8 Å². The number of ether oxygens (including phenoxy) is 2. The Balaban J connectivity index is 2.17. The number of aryl methyl sites for hydroxylation is 1. The normalized spacial score (nSPS) is 10.5. The van der Waals surface area contributed by atoms with E-state index in [9.17, 15) is 4.39 Å². The van der Waals surface area contributed by atoms with Gasteiger partial charge >= 0.3 is 0 Å². The molecule has 0 aliphatic heterocycles. The third kappa shape index (κ3) is 3.95. The van der Waals surface area contributed by atoms with Crippen LogP contribution in [-0.4, -0.2) is 11.7 Å². The van der Waals surface area contributed by atoms with Crippen molar-refractivity contribution in [3.8, 4) is 11.5 Å². The first-order valence-corrected chi connectivity index (χ1v) is 6.88. The van der Waals surface area contributed by atoms with Crippen LogP contribution in [0.15, 0.2) is 36.4 Å². The summed E-state index contributed by atoms with van der Waals surface area (Å²) in [6.07, 6.45) is 0. The van der Waals surface area contributed by atoms with Crippen LogP contribution in [0.4, 0.5) is 4.39 Å². The third-order valence-corrected chi connectivity index (χ3v) is 3.18. The van der Waals surface area contributed by atoms with Crippen LogP contribution in [0.25, 0.3) is 0 Å². The van der Waals surface area contributed by atoms with E-state index in [4.69, 9.17) is 14.6 Å². The van der Waals surface area contributed by atoms with Crippen molar-refractivity contribution in [1.82, 2.24) is 0 Å². The van der Waals surface area contributed by atoms with E-state index >= 15 is 0 Å². The summed E-state index contributed by atoms with van der Waals surface area (Å²) in [7, 11) is 0. The standard InChI is InChI=1S/C17H19FO3/c1-3-20-17-8-13(10-19)5-7-16(17)21-11-14-9-15(18)6-4-12(14)2/h4-9,19H,3,10-11H2,1-2H3. The second kappa shape index (κ2) is 7.09. The van der Waals surface area contributed by atoms with E-state index in [0.29, 0.717) is 18.1 Å². The topological polar surface area (TPSA) is 38.7 Å². The molecular formula is C17H19FO3. The maximum Gasteiger partial charge on any atom is 0.161 e. The third-order valence-electron chi connectivity index (χ3n) is 3.18. The predicted octanol–water partition coefficient (Wildman–Crippen LogP) is 3.60. The van der Waals surface area contributed by atoms with Crippen molar-refractivity contribution in [3.63, 3.8) is 0 Å². The number of rotatable bonds is 6. The molecule has 0 radical (unpaired) electrons. The van der Waals surface area contributed by atoms with E-state index in [-0.39, 0.29) is 19.0 Å². The zero-order valence-corrected chi connectivity index (χ0v) is 12.2. The lowest BCUT2D eigenvalue weighted by Gasteiger charge is -2.14. The second-order valence-electron chi connectivity index (χ2n) is 4.73. The van der Waals surface area contributed by atoms with Gasteiger partial charge in [0.05, 0.1) is 13.2 Å². The number of hydrogen-bond donors (Lipinski definition) is 1. The van der Waals surface area contributed by atoms with Gasteiger partial charge < -0.3 is 14.6 Å². The highest BCUT2D eigenvalue weighted by molar-refractivity contribution is 5.43. The van der Waals surface area contributed by atoms with Gasteiger partial charge in [0.1, 0.15) is 12.4 Å². The van der Waals surface area contributed by atoms with Crippen LogP contribution < -0.4 is 9.47 Å². The Bertz CT molecular complexity index is 611. The Morgan fingerprint density at radius 2 is 1.86 bits per heavy atom. The minimum absolute atomic E-state index is 0.0522. The molecule has 0 amide bonds. The Morgan fingerprint density at radius 1 is 1.05 bits per heavy atom. The Morgan fingerprint density at radius 3 is 2.57 bits per heavy atom. The first-order valence-electron chi connectivity index (χ1n) is 6.88. The fourth-order valence-corrected chi connectivity index (χ4v) is 1.99. The SMILES string of the molecule is CCOc1cc(CO)ccc1OCc1cc(F)ccc1C. The summed E-state index contributed by atoms with van der Waals surface area (Å²) < 4.78 is 24.5. The molecule has 112 valence electrons. The van der Waals surface area contributed by atoms with Gasteiger partial charge in [0.2, 0.25) is 0 Å². The lowest BCUT2D eigenvalue weighted by atomic mass is 10.1. The highest BCUT2D eigenvalue weighted by atomic mass is 19.1.